The molecule has 1 saturated heterocycles. The van der Waals surface area contributed by atoms with E-state index in [1.807, 2.05) is 25.1 Å². The van der Waals surface area contributed by atoms with Gasteiger partial charge in [0.15, 0.2) is 0 Å². The zero-order valence-electron chi connectivity index (χ0n) is 18.5. The fourth-order valence-corrected chi connectivity index (χ4v) is 3.76. The van der Waals surface area contributed by atoms with Crippen molar-refractivity contribution in [2.75, 3.05) is 37.8 Å². The summed E-state index contributed by atoms with van der Waals surface area (Å²) in [4.78, 5) is 15.1. The van der Waals surface area contributed by atoms with Gasteiger partial charge in [0, 0.05) is 31.7 Å². The highest BCUT2D eigenvalue weighted by Gasteiger charge is 2.13. The minimum absolute atomic E-state index is 0.114. The van der Waals surface area contributed by atoms with Crippen LogP contribution in [0.3, 0.4) is 0 Å². The molecule has 0 N–H and O–H groups in total. The quantitative estimate of drug-likeness (QED) is 0.543. The van der Waals surface area contributed by atoms with Crippen LogP contribution in [0, 0.1) is 6.92 Å². The number of ether oxygens (including phenoxy) is 2. The number of benzene rings is 2. The number of aryl methyl sites for hydroxylation is 2. The van der Waals surface area contributed by atoms with Crippen molar-refractivity contribution in [3.8, 4) is 5.75 Å². The molecule has 2 aromatic carbocycles. The fourth-order valence-electron chi connectivity index (χ4n) is 3.76. The van der Waals surface area contributed by atoms with Gasteiger partial charge in [0.2, 0.25) is 0 Å². The highest BCUT2D eigenvalue weighted by molar-refractivity contribution is 5.81. The molecule has 7 nitrogen and oxygen atoms in total. The average molecular weight is 423 g/mol. The van der Waals surface area contributed by atoms with Gasteiger partial charge in [0.05, 0.1) is 25.2 Å². The van der Waals surface area contributed by atoms with Gasteiger partial charge in [-0.1, -0.05) is 31.2 Å². The molecule has 1 aliphatic heterocycles. The Morgan fingerprint density at radius 3 is 2.71 bits per heavy atom. The molecule has 0 amide bonds. The lowest BCUT2D eigenvalue weighted by Gasteiger charge is -2.28. The van der Waals surface area contributed by atoms with Crippen molar-refractivity contribution in [2.24, 2.45) is 0 Å². The number of anilines is 1. The summed E-state index contributed by atoms with van der Waals surface area (Å²) in [5, 5.41) is 9.03. The predicted molar refractivity (Wildman–Crippen MR) is 122 cm³/mol. The van der Waals surface area contributed by atoms with E-state index in [1.54, 1.807) is 0 Å². The Morgan fingerprint density at radius 2 is 1.94 bits per heavy atom. The summed E-state index contributed by atoms with van der Waals surface area (Å²) in [5.41, 5.74) is 3.94. The molecule has 1 aliphatic rings. The summed E-state index contributed by atoms with van der Waals surface area (Å²) in [7, 11) is 0. The first-order valence-corrected chi connectivity index (χ1v) is 11.0. The lowest BCUT2D eigenvalue weighted by molar-refractivity contribution is 0.122. The summed E-state index contributed by atoms with van der Waals surface area (Å²) >= 11 is 0. The molecule has 7 heteroatoms. The van der Waals surface area contributed by atoms with Crippen LogP contribution in [0.25, 0.3) is 10.9 Å². The van der Waals surface area contributed by atoms with E-state index >= 15 is 0 Å². The highest BCUT2D eigenvalue weighted by atomic mass is 16.5. The normalized spacial score (nSPS) is 14.4. The molecule has 0 saturated carbocycles. The largest absolute Gasteiger partial charge is 0.493 e. The lowest BCUT2D eigenvalue weighted by atomic mass is 10.0. The Labute approximate surface area is 182 Å². The van der Waals surface area contributed by atoms with Crippen LogP contribution in [0.5, 0.6) is 5.75 Å². The predicted octanol–water partition coefficient (Wildman–Crippen LogP) is 3.53. The second kappa shape index (κ2) is 9.47. The van der Waals surface area contributed by atoms with Crippen LogP contribution in [-0.2, 0) is 11.3 Å². The summed E-state index contributed by atoms with van der Waals surface area (Å²) in [5.74, 6) is 1.36. The maximum Gasteiger partial charge on any atom is 0.277 e. The van der Waals surface area contributed by atoms with E-state index in [1.165, 1.54) is 10.2 Å². The van der Waals surface area contributed by atoms with Gasteiger partial charge in [-0.3, -0.25) is 4.79 Å². The lowest BCUT2D eigenvalue weighted by Crippen LogP contribution is -2.36. The third-order valence-electron chi connectivity index (χ3n) is 5.73. The second-order valence-electron chi connectivity index (χ2n) is 8.30. The van der Waals surface area contributed by atoms with Crippen LogP contribution < -0.4 is 15.2 Å². The molecule has 2 heterocycles. The Hall–Kier alpha value is -2.93. The molecule has 0 bridgehead atoms. The molecule has 4 rings (SSSR count). The van der Waals surface area contributed by atoms with Gasteiger partial charge < -0.3 is 14.4 Å². The number of rotatable bonds is 7. The molecular weight excluding hydrogens is 392 g/mol. The van der Waals surface area contributed by atoms with Crippen LogP contribution in [-0.4, -0.2) is 47.9 Å². The molecule has 1 fully saturated rings. The monoisotopic (exact) mass is 422 g/mol. The second-order valence-corrected chi connectivity index (χ2v) is 8.30. The number of fused-ring (bicyclic) bond motifs is 1. The number of aromatic nitrogens is 3. The fraction of sp³-hybridized carbons (Fsp3) is 0.458. The van der Waals surface area contributed by atoms with Crippen LogP contribution in [0.4, 0.5) is 5.69 Å². The van der Waals surface area contributed by atoms with Crippen LogP contribution in [0.15, 0.2) is 41.2 Å². The first kappa shape index (κ1) is 21.3. The van der Waals surface area contributed by atoms with Gasteiger partial charge in [-0.2, -0.15) is 0 Å². The molecule has 164 valence electrons. The molecule has 0 radical (unpaired) electrons. The van der Waals surface area contributed by atoms with Crippen molar-refractivity contribution in [1.29, 1.82) is 0 Å². The first-order chi connectivity index (χ1) is 15.0. The van der Waals surface area contributed by atoms with Crippen molar-refractivity contribution in [2.45, 2.75) is 39.7 Å². The summed E-state index contributed by atoms with van der Waals surface area (Å²) in [6.07, 6.45) is 0.678. The van der Waals surface area contributed by atoms with E-state index in [0.717, 1.165) is 30.1 Å². The van der Waals surface area contributed by atoms with Gasteiger partial charge in [-0.25, -0.2) is 4.68 Å². The Balaban J connectivity index is 1.40. The Bertz CT molecular complexity index is 1100. The summed E-state index contributed by atoms with van der Waals surface area (Å²) in [6, 6.07) is 12.1. The van der Waals surface area contributed by atoms with Gasteiger partial charge in [-0.05, 0) is 48.2 Å². The third kappa shape index (κ3) is 4.88. The summed E-state index contributed by atoms with van der Waals surface area (Å²) in [6.45, 7) is 10.5. The maximum absolute atomic E-state index is 12.8. The molecule has 0 unspecified atom stereocenters. The minimum Gasteiger partial charge on any atom is -0.493 e. The average Bonchev–Trinajstić information content (AvgIpc) is 2.79. The number of nitrogens with zero attached hydrogens (tertiary/aromatic N) is 4. The molecule has 0 atom stereocenters. The maximum atomic E-state index is 12.8. The van der Waals surface area contributed by atoms with E-state index in [-0.39, 0.29) is 5.56 Å². The third-order valence-corrected chi connectivity index (χ3v) is 5.73. The van der Waals surface area contributed by atoms with Crippen LogP contribution in [0.2, 0.25) is 0 Å². The van der Waals surface area contributed by atoms with E-state index in [2.05, 4.69) is 47.3 Å². The Morgan fingerprint density at radius 1 is 1.13 bits per heavy atom. The van der Waals surface area contributed by atoms with E-state index in [9.17, 15) is 4.79 Å². The van der Waals surface area contributed by atoms with E-state index in [4.69, 9.17) is 9.47 Å². The van der Waals surface area contributed by atoms with Gasteiger partial charge in [0.25, 0.3) is 5.56 Å². The SMILES string of the molecule is Cc1ccc(C(C)C)cc1OCCCn1nnc2cc(N3CCOCC3)ccc2c1=O. The summed E-state index contributed by atoms with van der Waals surface area (Å²) < 4.78 is 12.8. The zero-order valence-corrected chi connectivity index (χ0v) is 18.5. The zero-order chi connectivity index (χ0) is 21.8. The van der Waals surface area contributed by atoms with E-state index in [0.29, 0.717) is 49.6 Å². The minimum atomic E-state index is -0.114. The Kier molecular flexibility index (Phi) is 6.51. The highest BCUT2D eigenvalue weighted by Crippen LogP contribution is 2.24. The van der Waals surface area contributed by atoms with Crippen LogP contribution >= 0.6 is 0 Å². The van der Waals surface area contributed by atoms with Crippen molar-refractivity contribution in [3.05, 3.63) is 57.9 Å². The van der Waals surface area contributed by atoms with Crippen LogP contribution in [0.1, 0.15) is 37.3 Å². The number of hydrogen-bond donors (Lipinski definition) is 0. The van der Waals surface area contributed by atoms with Crippen molar-refractivity contribution in [1.82, 2.24) is 15.0 Å². The molecule has 31 heavy (non-hydrogen) atoms. The molecular formula is C24H30N4O3. The number of hydrogen-bond acceptors (Lipinski definition) is 6. The van der Waals surface area contributed by atoms with E-state index < -0.39 is 0 Å². The number of morpholine rings is 1. The molecule has 0 aliphatic carbocycles. The van der Waals surface area contributed by atoms with Crippen molar-refractivity contribution < 1.29 is 9.47 Å². The van der Waals surface area contributed by atoms with Gasteiger partial charge >= 0.3 is 0 Å². The van der Waals surface area contributed by atoms with Crippen molar-refractivity contribution >= 4 is 16.6 Å². The molecule has 1 aromatic heterocycles. The standard InChI is InChI=1S/C24H30N4O3/c1-17(2)19-6-5-18(3)23(15-19)31-12-4-9-28-24(29)21-8-7-20(16-22(21)25-26-28)27-10-13-30-14-11-27/h5-8,15-17H,4,9-14H2,1-3H3. The van der Waals surface area contributed by atoms with Gasteiger partial charge in [-0.15, -0.1) is 5.10 Å². The topological polar surface area (TPSA) is 69.5 Å². The first-order valence-electron chi connectivity index (χ1n) is 11.0. The van der Waals surface area contributed by atoms with Crippen molar-refractivity contribution in [3.63, 3.8) is 0 Å². The van der Waals surface area contributed by atoms with Gasteiger partial charge in [0.1, 0.15) is 11.3 Å². The smallest absolute Gasteiger partial charge is 0.277 e. The molecule has 0 spiro atoms. The molecule has 3 aromatic rings.